The second-order valence-corrected chi connectivity index (χ2v) is 7.12. The molecule has 1 saturated heterocycles. The molecule has 144 valence electrons. The summed E-state index contributed by atoms with van der Waals surface area (Å²) >= 11 is 3.14. The Kier molecular flexibility index (Phi) is 6.85. The molecule has 0 saturated carbocycles. The fourth-order valence-electron chi connectivity index (χ4n) is 2.77. The summed E-state index contributed by atoms with van der Waals surface area (Å²) in [5.74, 6) is 2.77. The van der Waals surface area contributed by atoms with Gasteiger partial charge in [-0.05, 0) is 57.9 Å². The Bertz CT molecular complexity index is 922. The molecule has 0 aromatic heterocycles. The molecule has 0 bridgehead atoms. The highest BCUT2D eigenvalue weighted by Crippen LogP contribution is 2.18. The molecule has 0 spiro atoms. The van der Waals surface area contributed by atoms with E-state index in [1.807, 2.05) is 18.2 Å². The van der Waals surface area contributed by atoms with Crippen molar-refractivity contribution in [3.63, 3.8) is 0 Å². The van der Waals surface area contributed by atoms with Gasteiger partial charge >= 0.3 is 0 Å². The van der Waals surface area contributed by atoms with Gasteiger partial charge in [-0.2, -0.15) is 0 Å². The Morgan fingerprint density at radius 3 is 3.04 bits per heavy atom. The second-order valence-electron chi connectivity index (χ2n) is 6.27. The number of terminal acetylenes is 1. The number of hydrogen-bond acceptors (Lipinski definition) is 3. The van der Waals surface area contributed by atoms with E-state index in [0.29, 0.717) is 36.5 Å². The van der Waals surface area contributed by atoms with Crippen molar-refractivity contribution in [2.75, 3.05) is 26.3 Å². The molecule has 1 unspecified atom stereocenters. The van der Waals surface area contributed by atoms with Crippen molar-refractivity contribution in [2.24, 2.45) is 0 Å². The minimum absolute atomic E-state index is 0.122. The monoisotopic (exact) mass is 443 g/mol. The lowest BCUT2D eigenvalue weighted by Gasteiger charge is -2.32. The fraction of sp³-hybridized carbons (Fsp3) is 0.227. The van der Waals surface area contributed by atoms with Crippen LogP contribution in [0.15, 0.2) is 53.0 Å². The maximum atomic E-state index is 13.3. The zero-order valence-corrected chi connectivity index (χ0v) is 16.7. The average Bonchev–Trinajstić information content (AvgIpc) is 2.73. The summed E-state index contributed by atoms with van der Waals surface area (Å²) in [7, 11) is 0. The maximum absolute atomic E-state index is 13.3. The topological polar surface area (TPSA) is 38.8 Å². The Hall–Kier alpha value is -2.62. The van der Waals surface area contributed by atoms with Gasteiger partial charge in [0.2, 0.25) is 5.91 Å². The molecule has 2 aromatic carbocycles. The molecular formula is C22H19BrFNO3. The van der Waals surface area contributed by atoms with Crippen LogP contribution in [0.25, 0.3) is 6.08 Å². The number of ether oxygens (including phenoxy) is 2. The molecule has 4 nitrogen and oxygen atoms in total. The van der Waals surface area contributed by atoms with E-state index in [4.69, 9.17) is 15.9 Å². The first-order valence-electron chi connectivity index (χ1n) is 8.78. The molecule has 1 aliphatic rings. The summed E-state index contributed by atoms with van der Waals surface area (Å²) in [6, 6.07) is 11.9. The van der Waals surface area contributed by atoms with Gasteiger partial charge in [0.05, 0.1) is 17.6 Å². The van der Waals surface area contributed by atoms with E-state index in [1.54, 1.807) is 29.2 Å². The van der Waals surface area contributed by atoms with Crippen molar-refractivity contribution in [1.82, 2.24) is 4.90 Å². The Morgan fingerprint density at radius 2 is 2.25 bits per heavy atom. The highest BCUT2D eigenvalue weighted by Gasteiger charge is 2.23. The van der Waals surface area contributed by atoms with E-state index in [0.717, 1.165) is 11.1 Å². The summed E-state index contributed by atoms with van der Waals surface area (Å²) in [5.41, 5.74) is 1.49. The number of rotatable bonds is 5. The van der Waals surface area contributed by atoms with E-state index in [1.165, 1.54) is 12.1 Å². The smallest absolute Gasteiger partial charge is 0.246 e. The minimum atomic E-state index is -0.340. The lowest BCUT2D eigenvalue weighted by molar-refractivity contribution is -0.134. The van der Waals surface area contributed by atoms with Crippen molar-refractivity contribution in [1.29, 1.82) is 0 Å². The lowest BCUT2D eigenvalue weighted by Crippen LogP contribution is -2.47. The fourth-order valence-corrected chi connectivity index (χ4v) is 3.17. The van der Waals surface area contributed by atoms with Crippen molar-refractivity contribution < 1.29 is 18.7 Å². The maximum Gasteiger partial charge on any atom is 0.246 e. The number of carbonyl (C=O) groups excluding carboxylic acids is 1. The quantitative estimate of drug-likeness (QED) is 0.519. The number of halogens is 2. The van der Waals surface area contributed by atoms with Gasteiger partial charge in [-0.3, -0.25) is 4.79 Å². The molecular weight excluding hydrogens is 425 g/mol. The van der Waals surface area contributed by atoms with Crippen molar-refractivity contribution >= 4 is 27.9 Å². The SMILES string of the molecule is C#Cc1cccc(OCC2CN(C(=O)/C=C/c3ccc(F)c(Br)c3)CCO2)c1. The zero-order valence-electron chi connectivity index (χ0n) is 15.1. The molecule has 0 aliphatic carbocycles. The summed E-state index contributed by atoms with van der Waals surface area (Å²) in [5, 5.41) is 0. The molecule has 6 heteroatoms. The van der Waals surface area contributed by atoms with Crippen LogP contribution >= 0.6 is 15.9 Å². The van der Waals surface area contributed by atoms with Crippen LogP contribution in [0, 0.1) is 18.2 Å². The molecule has 2 aromatic rings. The summed E-state index contributed by atoms with van der Waals surface area (Å²) in [4.78, 5) is 14.2. The predicted octanol–water partition coefficient (Wildman–Crippen LogP) is 3.89. The molecule has 0 N–H and O–H groups in total. The van der Waals surface area contributed by atoms with E-state index in [-0.39, 0.29) is 17.8 Å². The first kappa shape index (κ1) is 20.1. The van der Waals surface area contributed by atoms with Crippen molar-refractivity contribution in [3.8, 4) is 18.1 Å². The molecule has 1 atom stereocenters. The van der Waals surface area contributed by atoms with Crippen LogP contribution in [0.1, 0.15) is 11.1 Å². The third kappa shape index (κ3) is 5.44. The second kappa shape index (κ2) is 9.54. The molecule has 3 rings (SSSR count). The molecule has 1 aliphatic heterocycles. The van der Waals surface area contributed by atoms with E-state index in [9.17, 15) is 9.18 Å². The summed E-state index contributed by atoms with van der Waals surface area (Å²) in [6.07, 6.45) is 8.32. The van der Waals surface area contributed by atoms with Crippen LogP contribution in [0.3, 0.4) is 0 Å². The van der Waals surface area contributed by atoms with Gasteiger partial charge in [0.1, 0.15) is 24.3 Å². The van der Waals surface area contributed by atoms with Crippen LogP contribution in [0.4, 0.5) is 4.39 Å². The number of benzene rings is 2. The largest absolute Gasteiger partial charge is 0.491 e. The van der Waals surface area contributed by atoms with Gasteiger partial charge in [-0.1, -0.05) is 18.1 Å². The predicted molar refractivity (Wildman–Crippen MR) is 109 cm³/mol. The normalized spacial score (nSPS) is 16.8. The molecule has 1 heterocycles. The van der Waals surface area contributed by atoms with Crippen LogP contribution in [0.5, 0.6) is 5.75 Å². The summed E-state index contributed by atoms with van der Waals surface area (Å²) < 4.78 is 25.1. The van der Waals surface area contributed by atoms with E-state index in [2.05, 4.69) is 21.9 Å². The standard InChI is InChI=1S/C22H19BrFNO3/c1-2-16-4-3-5-18(12-16)28-15-19-14-25(10-11-27-19)22(26)9-7-17-6-8-21(24)20(23)13-17/h1,3-9,12-13,19H,10-11,14-15H2/b9-7+. The van der Waals surface area contributed by atoms with Crippen LogP contribution in [-0.4, -0.2) is 43.2 Å². The van der Waals surface area contributed by atoms with Gasteiger partial charge in [0, 0.05) is 18.2 Å². The average molecular weight is 444 g/mol. The van der Waals surface area contributed by atoms with Gasteiger partial charge in [0.25, 0.3) is 0 Å². The number of carbonyl (C=O) groups is 1. The first-order valence-corrected chi connectivity index (χ1v) is 9.57. The first-order chi connectivity index (χ1) is 13.5. The van der Waals surface area contributed by atoms with Gasteiger partial charge in [0.15, 0.2) is 0 Å². The van der Waals surface area contributed by atoms with Crippen molar-refractivity contribution in [3.05, 3.63) is 70.0 Å². The number of morpholine rings is 1. The van der Waals surface area contributed by atoms with E-state index >= 15 is 0 Å². The van der Waals surface area contributed by atoms with Crippen LogP contribution in [-0.2, 0) is 9.53 Å². The third-order valence-corrected chi connectivity index (χ3v) is 4.86. The molecule has 1 amide bonds. The summed E-state index contributed by atoms with van der Waals surface area (Å²) in [6.45, 7) is 1.72. The Morgan fingerprint density at radius 1 is 1.39 bits per heavy atom. The lowest BCUT2D eigenvalue weighted by atomic mass is 10.2. The third-order valence-electron chi connectivity index (χ3n) is 4.25. The number of nitrogens with zero attached hydrogens (tertiary/aromatic N) is 1. The number of hydrogen-bond donors (Lipinski definition) is 0. The molecule has 0 radical (unpaired) electrons. The highest BCUT2D eigenvalue weighted by atomic mass is 79.9. The van der Waals surface area contributed by atoms with E-state index < -0.39 is 0 Å². The van der Waals surface area contributed by atoms with Gasteiger partial charge in [-0.25, -0.2) is 4.39 Å². The highest BCUT2D eigenvalue weighted by molar-refractivity contribution is 9.10. The number of amides is 1. The van der Waals surface area contributed by atoms with Crippen LogP contribution in [0.2, 0.25) is 0 Å². The Balaban J connectivity index is 1.54. The molecule has 1 fully saturated rings. The van der Waals surface area contributed by atoms with Gasteiger partial charge < -0.3 is 14.4 Å². The Labute approximate surface area is 172 Å². The minimum Gasteiger partial charge on any atom is -0.491 e. The zero-order chi connectivity index (χ0) is 19.9. The van der Waals surface area contributed by atoms with Crippen LogP contribution < -0.4 is 4.74 Å². The van der Waals surface area contributed by atoms with Gasteiger partial charge in [-0.15, -0.1) is 6.42 Å². The van der Waals surface area contributed by atoms with Crippen molar-refractivity contribution in [2.45, 2.75) is 6.10 Å². The molecule has 28 heavy (non-hydrogen) atoms.